The summed E-state index contributed by atoms with van der Waals surface area (Å²) in [5.41, 5.74) is 3.18. The number of esters is 3. The van der Waals surface area contributed by atoms with E-state index in [2.05, 4.69) is 10.6 Å². The Bertz CT molecular complexity index is 889. The second-order valence-electron chi connectivity index (χ2n) is 14.2. The largest absolute Gasteiger partial charge is 0.460 e. The predicted molar refractivity (Wildman–Crippen MR) is 152 cm³/mol. The summed E-state index contributed by atoms with van der Waals surface area (Å²) in [6.07, 6.45) is 0.317. The van der Waals surface area contributed by atoms with Gasteiger partial charge in [0.15, 0.2) is 0 Å². The summed E-state index contributed by atoms with van der Waals surface area (Å²) in [7, 11) is 0. The van der Waals surface area contributed by atoms with Gasteiger partial charge < -0.3 is 30.6 Å². The van der Waals surface area contributed by atoms with E-state index < -0.39 is 70.7 Å². The monoisotopic (exact) mass is 571 g/mol. The van der Waals surface area contributed by atoms with E-state index in [0.717, 1.165) is 0 Å². The summed E-state index contributed by atoms with van der Waals surface area (Å²) < 4.78 is 16.0. The molecule has 0 aromatic rings. The lowest BCUT2D eigenvalue weighted by molar-refractivity contribution is -0.164. The van der Waals surface area contributed by atoms with Crippen LogP contribution in [0.25, 0.3) is 0 Å². The minimum absolute atomic E-state index is 0.0973. The number of ketones is 1. The number of carbonyl (C=O) groups is 5. The molecule has 0 fully saturated rings. The second kappa shape index (κ2) is 14.8. The maximum atomic E-state index is 13.0. The fourth-order valence-corrected chi connectivity index (χ4v) is 3.44. The zero-order chi connectivity index (χ0) is 31.7. The van der Waals surface area contributed by atoms with Crippen molar-refractivity contribution in [2.24, 2.45) is 11.1 Å². The molecular formula is C29H53N3O8. The van der Waals surface area contributed by atoms with Crippen molar-refractivity contribution in [2.75, 3.05) is 0 Å². The van der Waals surface area contributed by atoms with Crippen LogP contribution < -0.4 is 16.4 Å². The fraction of sp³-hybridized carbons (Fsp3) is 0.828. The number of urea groups is 1. The molecule has 4 N–H and O–H groups in total. The Morgan fingerprint density at radius 1 is 0.650 bits per heavy atom. The Kier molecular flexibility index (Phi) is 13.8. The molecule has 0 aromatic heterocycles. The van der Waals surface area contributed by atoms with Gasteiger partial charge in [0.25, 0.3) is 0 Å². The molecule has 0 aliphatic rings. The zero-order valence-corrected chi connectivity index (χ0v) is 26.6. The minimum atomic E-state index is -1.27. The summed E-state index contributed by atoms with van der Waals surface area (Å²) in [6.45, 7) is 21.1. The number of rotatable bonds is 12. The van der Waals surface area contributed by atoms with Crippen LogP contribution in [-0.2, 0) is 33.4 Å². The molecule has 0 aromatic carbocycles. The van der Waals surface area contributed by atoms with Crippen LogP contribution in [0.15, 0.2) is 0 Å². The van der Waals surface area contributed by atoms with Crippen LogP contribution in [-0.4, -0.2) is 64.7 Å². The summed E-state index contributed by atoms with van der Waals surface area (Å²) in [5, 5.41) is 5.37. The highest BCUT2D eigenvalue weighted by molar-refractivity contribution is 5.88. The highest BCUT2D eigenvalue weighted by atomic mass is 16.6. The summed E-state index contributed by atoms with van der Waals surface area (Å²) in [6, 6.07) is -3.30. The van der Waals surface area contributed by atoms with Crippen LogP contribution in [0.3, 0.4) is 0 Å². The zero-order valence-electron chi connectivity index (χ0n) is 26.6. The van der Waals surface area contributed by atoms with E-state index in [1.54, 1.807) is 62.3 Å². The molecule has 40 heavy (non-hydrogen) atoms. The first-order valence-electron chi connectivity index (χ1n) is 13.8. The Labute approximate surface area is 240 Å². The van der Waals surface area contributed by atoms with Crippen LogP contribution in [0.2, 0.25) is 0 Å². The maximum absolute atomic E-state index is 13.0. The van der Waals surface area contributed by atoms with Crippen LogP contribution in [0.1, 0.15) is 115 Å². The lowest BCUT2D eigenvalue weighted by Crippen LogP contribution is -2.53. The number of nitrogens with one attached hydrogen (secondary N) is 2. The molecule has 0 saturated heterocycles. The molecule has 232 valence electrons. The molecule has 11 nitrogen and oxygen atoms in total. The lowest BCUT2D eigenvalue weighted by atomic mass is 9.83. The molecule has 0 aliphatic heterocycles. The molecule has 2 amide bonds. The minimum Gasteiger partial charge on any atom is -0.460 e. The van der Waals surface area contributed by atoms with Crippen LogP contribution >= 0.6 is 0 Å². The van der Waals surface area contributed by atoms with Crippen LogP contribution in [0, 0.1) is 5.41 Å². The molecule has 0 spiro atoms. The Balaban J connectivity index is 5.27. The highest BCUT2D eigenvalue weighted by Gasteiger charge is 2.33. The first-order chi connectivity index (χ1) is 17.8. The Hall–Kier alpha value is -2.69. The number of carbonyl (C=O) groups excluding carboxylic acids is 5. The average Bonchev–Trinajstić information content (AvgIpc) is 2.69. The van der Waals surface area contributed by atoms with Gasteiger partial charge in [0.2, 0.25) is 0 Å². The van der Waals surface area contributed by atoms with Crippen molar-refractivity contribution in [3.63, 3.8) is 0 Å². The van der Waals surface area contributed by atoms with E-state index in [9.17, 15) is 24.0 Å². The van der Waals surface area contributed by atoms with Crippen molar-refractivity contribution < 1.29 is 38.2 Å². The van der Waals surface area contributed by atoms with Gasteiger partial charge in [0, 0.05) is 18.9 Å². The predicted octanol–water partition coefficient (Wildman–Crippen LogP) is 3.94. The van der Waals surface area contributed by atoms with Crippen molar-refractivity contribution in [1.82, 2.24) is 10.6 Å². The molecule has 11 heteroatoms. The molecule has 0 heterocycles. The van der Waals surface area contributed by atoms with E-state index in [0.29, 0.717) is 6.42 Å². The molecule has 0 radical (unpaired) electrons. The third kappa shape index (κ3) is 17.8. The molecule has 0 unspecified atom stereocenters. The van der Waals surface area contributed by atoms with Crippen LogP contribution in [0.5, 0.6) is 0 Å². The molecular weight excluding hydrogens is 518 g/mol. The summed E-state index contributed by atoms with van der Waals surface area (Å²) in [5.74, 6) is -2.09. The number of hydrogen-bond donors (Lipinski definition) is 3. The quantitative estimate of drug-likeness (QED) is 0.232. The number of hydrogen-bond acceptors (Lipinski definition) is 9. The Morgan fingerprint density at radius 3 is 1.55 bits per heavy atom. The van der Waals surface area contributed by atoms with Gasteiger partial charge in [-0.15, -0.1) is 0 Å². The third-order valence-electron chi connectivity index (χ3n) is 5.29. The lowest BCUT2D eigenvalue weighted by Gasteiger charge is -2.32. The van der Waals surface area contributed by atoms with Crippen molar-refractivity contribution >= 4 is 29.7 Å². The molecule has 0 bridgehead atoms. The SMILES string of the molecule is CC(C)(C)OC(=O)C[C@H](NC(=O)N[C@@H](CCC(=O)CC[C@H](N)C(=O)OC(C)(C)C)C(C)(C)C)C(=O)OC(C)(C)C. The molecule has 0 saturated carbocycles. The second-order valence-corrected chi connectivity index (χ2v) is 14.2. The van der Waals surface area contributed by atoms with Crippen LogP contribution in [0.4, 0.5) is 4.79 Å². The number of ether oxygens (including phenoxy) is 3. The molecule has 0 aliphatic carbocycles. The maximum Gasteiger partial charge on any atom is 0.329 e. The van der Waals surface area contributed by atoms with Gasteiger partial charge in [-0.2, -0.15) is 0 Å². The number of amides is 2. The van der Waals surface area contributed by atoms with Gasteiger partial charge >= 0.3 is 23.9 Å². The van der Waals surface area contributed by atoms with Gasteiger partial charge in [-0.25, -0.2) is 9.59 Å². The standard InChI is InChI=1S/C29H53N3O8/c1-26(2,3)21(16-14-18(33)13-15-19(30)23(35)39-28(7,8)9)32-25(37)31-20(24(36)40-29(10,11)12)17-22(34)38-27(4,5)6/h19-21H,13-17,30H2,1-12H3,(H2,31,32,37)/t19-,20-,21-/m0/s1. The van der Waals surface area contributed by atoms with E-state index >= 15 is 0 Å². The first-order valence-corrected chi connectivity index (χ1v) is 13.8. The third-order valence-corrected chi connectivity index (χ3v) is 5.29. The topological polar surface area (TPSA) is 163 Å². The smallest absolute Gasteiger partial charge is 0.329 e. The summed E-state index contributed by atoms with van der Waals surface area (Å²) in [4.78, 5) is 62.8. The average molecular weight is 572 g/mol. The molecule has 3 atom stereocenters. The Morgan fingerprint density at radius 2 is 1.10 bits per heavy atom. The number of Topliss-reactive ketones (excluding diaryl/α,β-unsaturated/α-hetero) is 1. The number of nitrogens with two attached hydrogens (primary N) is 1. The van der Waals surface area contributed by atoms with Crippen molar-refractivity contribution in [3.8, 4) is 0 Å². The van der Waals surface area contributed by atoms with Crippen molar-refractivity contribution in [3.05, 3.63) is 0 Å². The van der Waals surface area contributed by atoms with Crippen molar-refractivity contribution in [2.45, 2.75) is 150 Å². The van der Waals surface area contributed by atoms with Gasteiger partial charge in [-0.3, -0.25) is 14.4 Å². The molecule has 0 rings (SSSR count). The van der Waals surface area contributed by atoms with Gasteiger partial charge in [-0.05, 0) is 80.6 Å². The van der Waals surface area contributed by atoms with Gasteiger partial charge in [0.05, 0.1) is 6.42 Å². The van der Waals surface area contributed by atoms with E-state index in [4.69, 9.17) is 19.9 Å². The van der Waals surface area contributed by atoms with Crippen molar-refractivity contribution in [1.29, 1.82) is 0 Å². The summed E-state index contributed by atoms with van der Waals surface area (Å²) >= 11 is 0. The van der Waals surface area contributed by atoms with Gasteiger partial charge in [0.1, 0.15) is 34.7 Å². The highest BCUT2D eigenvalue weighted by Crippen LogP contribution is 2.24. The fourth-order valence-electron chi connectivity index (χ4n) is 3.44. The first kappa shape index (κ1) is 37.3. The normalized spacial score (nSPS) is 14.8. The van der Waals surface area contributed by atoms with E-state index in [-0.39, 0.29) is 25.0 Å². The van der Waals surface area contributed by atoms with Gasteiger partial charge in [-0.1, -0.05) is 20.8 Å². The van der Waals surface area contributed by atoms with E-state index in [1.165, 1.54) is 0 Å². The van der Waals surface area contributed by atoms with E-state index in [1.807, 2.05) is 20.8 Å².